The van der Waals surface area contributed by atoms with E-state index < -0.39 is 29.7 Å². The minimum absolute atomic E-state index is 0.116. The number of hydrogen-bond donors (Lipinski definition) is 4. The summed E-state index contributed by atoms with van der Waals surface area (Å²) in [6.07, 6.45) is -0.707. The molecule has 1 aliphatic rings. The van der Waals surface area contributed by atoms with Crippen molar-refractivity contribution in [2.24, 2.45) is 11.5 Å². The van der Waals surface area contributed by atoms with E-state index in [1.165, 1.54) is 0 Å². The van der Waals surface area contributed by atoms with Gasteiger partial charge in [0.05, 0.1) is 12.2 Å². The summed E-state index contributed by atoms with van der Waals surface area (Å²) in [4.78, 5) is 14.3. The van der Waals surface area contributed by atoms with Gasteiger partial charge in [0.1, 0.15) is 5.54 Å². The monoisotopic (exact) mass is 377 g/mol. The van der Waals surface area contributed by atoms with Gasteiger partial charge in [-0.25, -0.2) is 0 Å². The molecule has 0 saturated carbocycles. The highest BCUT2D eigenvalue weighted by molar-refractivity contribution is 5.85. The van der Waals surface area contributed by atoms with Crippen molar-refractivity contribution in [2.75, 3.05) is 6.54 Å². The predicted molar refractivity (Wildman–Crippen MR) is 101 cm³/mol. The highest BCUT2D eigenvalue weighted by Crippen LogP contribution is 2.39. The molecule has 2 rings (SSSR count). The Morgan fingerprint density at radius 2 is 1.89 bits per heavy atom. The van der Waals surface area contributed by atoms with Gasteiger partial charge in [-0.15, -0.1) is 0 Å². The number of carbonyl (C=O) groups is 1. The zero-order valence-corrected chi connectivity index (χ0v) is 16.2. The summed E-state index contributed by atoms with van der Waals surface area (Å²) in [7, 11) is 0. The molecule has 6 N–H and O–H groups in total. The Kier molecular flexibility index (Phi) is 7.87. The number of primary amides is 1. The Balaban J connectivity index is 0.00000176. The number of aliphatic hydroxyl groups is 2. The van der Waals surface area contributed by atoms with Crippen molar-refractivity contribution in [1.82, 2.24) is 4.90 Å². The standard InChI is InChI=1S/C19H31N3O3.N2/c1-18(2,3)22-12-14(23)10-19(22,17(21)25)11-16(24)15(20)9-13-7-5-4-6-8-13;1-2/h4-8,14-16,23-24H,9-12,20H2,1-3H3,(H2,21,25);/t14-,15-,16+,19+;/m0./s1. The van der Waals surface area contributed by atoms with Gasteiger partial charge < -0.3 is 21.7 Å². The van der Waals surface area contributed by atoms with Crippen molar-refractivity contribution in [1.29, 1.82) is 10.8 Å². The predicted octanol–water partition coefficient (Wildman–Crippen LogP) is 0.427. The molecule has 1 aromatic carbocycles. The molecule has 27 heavy (non-hydrogen) atoms. The SMILES string of the molecule is CC(C)(C)N1C[C@@H](O)C[C@@]1(C[C@@H](O)[C@@H](N)Cc1ccccc1)C(N)=O.N#N. The first-order valence-corrected chi connectivity index (χ1v) is 8.99. The Morgan fingerprint density at radius 3 is 2.37 bits per heavy atom. The van der Waals surface area contributed by atoms with Gasteiger partial charge in [0.2, 0.25) is 5.91 Å². The van der Waals surface area contributed by atoms with E-state index in [1.807, 2.05) is 56.0 Å². The Labute approximate surface area is 160 Å². The third-order valence-electron chi connectivity index (χ3n) is 5.11. The second kappa shape index (κ2) is 9.24. The lowest BCUT2D eigenvalue weighted by Gasteiger charge is -2.45. The molecule has 0 radical (unpaired) electrons. The minimum Gasteiger partial charge on any atom is -0.392 e. The molecular formula is C19H31N5O3. The lowest BCUT2D eigenvalue weighted by Crippen LogP contribution is -2.62. The Morgan fingerprint density at radius 1 is 1.33 bits per heavy atom. The molecule has 1 heterocycles. The van der Waals surface area contributed by atoms with Crippen molar-refractivity contribution in [2.45, 2.75) is 69.4 Å². The summed E-state index contributed by atoms with van der Waals surface area (Å²) in [6, 6.07) is 9.17. The number of amides is 1. The van der Waals surface area contributed by atoms with E-state index in [1.54, 1.807) is 0 Å². The van der Waals surface area contributed by atoms with Gasteiger partial charge in [0.15, 0.2) is 0 Å². The molecule has 4 atom stereocenters. The highest BCUT2D eigenvalue weighted by Gasteiger charge is 2.54. The maximum atomic E-state index is 12.4. The van der Waals surface area contributed by atoms with E-state index in [-0.39, 0.29) is 18.4 Å². The van der Waals surface area contributed by atoms with Gasteiger partial charge in [-0.3, -0.25) is 9.69 Å². The van der Waals surface area contributed by atoms with E-state index in [0.717, 1.165) is 5.56 Å². The van der Waals surface area contributed by atoms with E-state index in [4.69, 9.17) is 22.3 Å². The number of benzene rings is 1. The first kappa shape index (κ1) is 23.0. The normalized spacial score (nSPS) is 25.3. The minimum atomic E-state index is -1.09. The molecule has 0 spiro atoms. The van der Waals surface area contributed by atoms with Crippen LogP contribution in [0.5, 0.6) is 0 Å². The van der Waals surface area contributed by atoms with Crippen LogP contribution in [0.4, 0.5) is 0 Å². The average Bonchev–Trinajstić information content (AvgIpc) is 2.95. The van der Waals surface area contributed by atoms with Crippen LogP contribution in [-0.2, 0) is 11.2 Å². The van der Waals surface area contributed by atoms with Crippen LogP contribution in [0, 0.1) is 10.8 Å². The first-order chi connectivity index (χ1) is 12.6. The number of rotatable bonds is 6. The fraction of sp³-hybridized carbons (Fsp3) is 0.632. The zero-order chi connectivity index (χ0) is 20.8. The maximum Gasteiger partial charge on any atom is 0.238 e. The number of likely N-dealkylation sites (tertiary alicyclic amines) is 1. The van der Waals surface area contributed by atoms with Crippen molar-refractivity contribution in [3.8, 4) is 0 Å². The van der Waals surface area contributed by atoms with E-state index in [0.29, 0.717) is 13.0 Å². The fourth-order valence-electron chi connectivity index (χ4n) is 3.91. The van der Waals surface area contributed by atoms with E-state index in [2.05, 4.69) is 0 Å². The third-order valence-corrected chi connectivity index (χ3v) is 5.11. The molecule has 8 heteroatoms. The number of β-amino-alcohol motifs (C(OH)–C–C–N with tert-alkyl or cyclic N) is 1. The quantitative estimate of drug-likeness (QED) is 0.523. The number of nitrogens with zero attached hydrogens (tertiary/aromatic N) is 3. The highest BCUT2D eigenvalue weighted by atomic mass is 16.3. The molecule has 1 fully saturated rings. The summed E-state index contributed by atoms with van der Waals surface area (Å²) in [5.41, 5.74) is 11.5. The van der Waals surface area contributed by atoms with Gasteiger partial charge in [0.25, 0.3) is 0 Å². The molecule has 1 aromatic rings. The Bertz CT molecular complexity index is 631. The molecule has 1 aliphatic heterocycles. The molecule has 0 bridgehead atoms. The van der Waals surface area contributed by atoms with Crippen LogP contribution in [0.2, 0.25) is 0 Å². The fourth-order valence-corrected chi connectivity index (χ4v) is 3.91. The molecule has 8 nitrogen and oxygen atoms in total. The van der Waals surface area contributed by atoms with Crippen molar-refractivity contribution < 1.29 is 15.0 Å². The van der Waals surface area contributed by atoms with Gasteiger partial charge in [-0.2, -0.15) is 0 Å². The topological polar surface area (TPSA) is 160 Å². The number of aliphatic hydroxyl groups excluding tert-OH is 2. The van der Waals surface area contributed by atoms with Crippen LogP contribution in [0.3, 0.4) is 0 Å². The van der Waals surface area contributed by atoms with E-state index in [9.17, 15) is 15.0 Å². The van der Waals surface area contributed by atoms with Gasteiger partial charge >= 0.3 is 0 Å². The van der Waals surface area contributed by atoms with Crippen LogP contribution >= 0.6 is 0 Å². The molecule has 0 unspecified atom stereocenters. The van der Waals surface area contributed by atoms with Crippen LogP contribution in [0.15, 0.2) is 30.3 Å². The first-order valence-electron chi connectivity index (χ1n) is 8.99. The lowest BCUT2D eigenvalue weighted by atomic mass is 9.82. The van der Waals surface area contributed by atoms with Crippen LogP contribution in [-0.4, -0.2) is 56.9 Å². The largest absolute Gasteiger partial charge is 0.392 e. The van der Waals surface area contributed by atoms with Crippen molar-refractivity contribution >= 4 is 5.91 Å². The Hall–Kier alpha value is -2.05. The second-order valence-corrected chi connectivity index (χ2v) is 8.16. The van der Waals surface area contributed by atoms with Crippen LogP contribution < -0.4 is 11.5 Å². The van der Waals surface area contributed by atoms with Gasteiger partial charge in [0, 0.05) is 41.8 Å². The second-order valence-electron chi connectivity index (χ2n) is 8.16. The summed E-state index contributed by atoms with van der Waals surface area (Å²) in [5, 5.41) is 32.9. The maximum absolute atomic E-state index is 12.4. The zero-order valence-electron chi connectivity index (χ0n) is 16.2. The summed E-state index contributed by atoms with van der Waals surface area (Å²) >= 11 is 0. The van der Waals surface area contributed by atoms with E-state index >= 15 is 0 Å². The molecule has 0 aromatic heterocycles. The molecule has 1 saturated heterocycles. The van der Waals surface area contributed by atoms with Crippen LogP contribution in [0.25, 0.3) is 0 Å². The number of nitrogens with two attached hydrogens (primary N) is 2. The average molecular weight is 377 g/mol. The van der Waals surface area contributed by atoms with Crippen molar-refractivity contribution in [3.05, 3.63) is 35.9 Å². The van der Waals surface area contributed by atoms with Crippen LogP contribution in [0.1, 0.15) is 39.2 Å². The van der Waals surface area contributed by atoms with Gasteiger partial charge in [-0.05, 0) is 32.8 Å². The third kappa shape index (κ3) is 5.47. The molecular weight excluding hydrogens is 346 g/mol. The smallest absolute Gasteiger partial charge is 0.238 e. The van der Waals surface area contributed by atoms with Gasteiger partial charge in [-0.1, -0.05) is 30.3 Å². The number of hydrogen-bond acceptors (Lipinski definition) is 7. The molecule has 1 amide bonds. The van der Waals surface area contributed by atoms with Crippen molar-refractivity contribution in [3.63, 3.8) is 0 Å². The summed E-state index contributed by atoms with van der Waals surface area (Å²) in [5.74, 6) is -0.523. The summed E-state index contributed by atoms with van der Waals surface area (Å²) in [6.45, 7) is 6.27. The lowest BCUT2D eigenvalue weighted by molar-refractivity contribution is -0.134. The number of carbonyl (C=O) groups excluding carboxylic acids is 1. The molecule has 150 valence electrons. The summed E-state index contributed by atoms with van der Waals surface area (Å²) < 4.78 is 0. The molecule has 0 aliphatic carbocycles.